The molecule has 1 aromatic heterocycles. The van der Waals surface area contributed by atoms with Crippen molar-refractivity contribution < 1.29 is 0 Å². The molecule has 21 heavy (non-hydrogen) atoms. The van der Waals surface area contributed by atoms with E-state index in [1.807, 2.05) is 7.05 Å². The second kappa shape index (κ2) is 12.2. The third kappa shape index (κ3) is 8.63. The fraction of sp³-hybridized carbons (Fsp3) is 0.667. The standard InChI is InChI=1S/C15H28N4S.HI/c1-5-13(2)19(4)11-10-18-15(16-3)17-9-8-14-7-6-12-20-14;/h6-7,12-13H,5,8-11H2,1-4H3,(H2,16,17,18);1H. The van der Waals surface area contributed by atoms with Gasteiger partial charge in [-0.3, -0.25) is 4.99 Å². The second-order valence-electron chi connectivity index (χ2n) is 4.99. The molecule has 1 unspecified atom stereocenters. The fourth-order valence-electron chi connectivity index (χ4n) is 1.86. The van der Waals surface area contributed by atoms with Crippen molar-refractivity contribution in [1.29, 1.82) is 0 Å². The molecule has 1 atom stereocenters. The molecule has 0 amide bonds. The van der Waals surface area contributed by atoms with Crippen LogP contribution < -0.4 is 10.6 Å². The van der Waals surface area contributed by atoms with Crippen molar-refractivity contribution in [2.75, 3.05) is 33.7 Å². The van der Waals surface area contributed by atoms with Crippen LogP contribution in [-0.4, -0.2) is 50.6 Å². The first-order valence-corrected chi connectivity index (χ1v) is 8.22. The fourth-order valence-corrected chi connectivity index (χ4v) is 2.57. The first-order chi connectivity index (χ1) is 9.67. The molecule has 0 spiro atoms. The quantitative estimate of drug-likeness (QED) is 0.383. The number of thiophene rings is 1. The molecule has 4 nitrogen and oxygen atoms in total. The van der Waals surface area contributed by atoms with Crippen LogP contribution >= 0.6 is 35.3 Å². The van der Waals surface area contributed by atoms with Gasteiger partial charge in [0.15, 0.2) is 5.96 Å². The number of aliphatic imine (C=N–C) groups is 1. The zero-order valence-electron chi connectivity index (χ0n) is 13.6. The Morgan fingerprint density at radius 2 is 2.10 bits per heavy atom. The van der Waals surface area contributed by atoms with E-state index in [-0.39, 0.29) is 24.0 Å². The highest BCUT2D eigenvalue weighted by molar-refractivity contribution is 14.0. The van der Waals surface area contributed by atoms with Gasteiger partial charge < -0.3 is 15.5 Å². The van der Waals surface area contributed by atoms with Crippen LogP contribution in [0.3, 0.4) is 0 Å². The van der Waals surface area contributed by atoms with E-state index in [9.17, 15) is 0 Å². The Labute approximate surface area is 150 Å². The summed E-state index contributed by atoms with van der Waals surface area (Å²) in [7, 11) is 3.99. The number of nitrogens with zero attached hydrogens (tertiary/aromatic N) is 2. The van der Waals surface area contributed by atoms with E-state index < -0.39 is 0 Å². The Morgan fingerprint density at radius 1 is 1.38 bits per heavy atom. The lowest BCUT2D eigenvalue weighted by atomic mass is 10.2. The summed E-state index contributed by atoms with van der Waals surface area (Å²) in [5.74, 6) is 0.888. The smallest absolute Gasteiger partial charge is 0.191 e. The number of halogens is 1. The summed E-state index contributed by atoms with van der Waals surface area (Å²) in [6.07, 6.45) is 2.23. The molecule has 0 aromatic carbocycles. The third-order valence-electron chi connectivity index (χ3n) is 3.57. The molecule has 0 saturated carbocycles. The maximum atomic E-state index is 4.25. The molecular formula is C15H29IN4S. The van der Waals surface area contributed by atoms with Crippen molar-refractivity contribution in [3.63, 3.8) is 0 Å². The van der Waals surface area contributed by atoms with Gasteiger partial charge >= 0.3 is 0 Å². The first kappa shape index (κ1) is 20.7. The summed E-state index contributed by atoms with van der Waals surface area (Å²) < 4.78 is 0. The molecule has 0 aliphatic rings. The first-order valence-electron chi connectivity index (χ1n) is 7.34. The topological polar surface area (TPSA) is 39.7 Å². The zero-order chi connectivity index (χ0) is 14.8. The second-order valence-corrected chi connectivity index (χ2v) is 6.03. The number of likely N-dealkylation sites (N-methyl/N-ethyl adjacent to an activating group) is 1. The normalized spacial score (nSPS) is 12.9. The van der Waals surface area contributed by atoms with Crippen molar-refractivity contribution in [2.24, 2.45) is 4.99 Å². The van der Waals surface area contributed by atoms with E-state index in [4.69, 9.17) is 0 Å². The highest BCUT2D eigenvalue weighted by Crippen LogP contribution is 2.07. The molecule has 122 valence electrons. The Morgan fingerprint density at radius 3 is 2.67 bits per heavy atom. The maximum absolute atomic E-state index is 4.25. The van der Waals surface area contributed by atoms with Crippen molar-refractivity contribution in [3.8, 4) is 0 Å². The molecule has 0 saturated heterocycles. The van der Waals surface area contributed by atoms with Crippen LogP contribution in [0, 0.1) is 0 Å². The monoisotopic (exact) mass is 424 g/mol. The minimum atomic E-state index is 0. The molecular weight excluding hydrogens is 395 g/mol. The predicted molar refractivity (Wildman–Crippen MR) is 105 cm³/mol. The summed E-state index contributed by atoms with van der Waals surface area (Å²) >= 11 is 1.80. The van der Waals surface area contributed by atoms with Crippen LogP contribution in [0.2, 0.25) is 0 Å². The minimum absolute atomic E-state index is 0. The maximum Gasteiger partial charge on any atom is 0.191 e. The molecule has 0 fully saturated rings. The lowest BCUT2D eigenvalue weighted by molar-refractivity contribution is 0.255. The molecule has 0 aliphatic carbocycles. The van der Waals surface area contributed by atoms with Gasteiger partial charge in [0.1, 0.15) is 0 Å². The van der Waals surface area contributed by atoms with Crippen LogP contribution in [0.25, 0.3) is 0 Å². The van der Waals surface area contributed by atoms with Crippen LogP contribution in [0.15, 0.2) is 22.5 Å². The van der Waals surface area contributed by atoms with Crippen molar-refractivity contribution in [2.45, 2.75) is 32.7 Å². The van der Waals surface area contributed by atoms with Gasteiger partial charge in [0, 0.05) is 37.6 Å². The van der Waals surface area contributed by atoms with Gasteiger partial charge in [-0.2, -0.15) is 0 Å². The molecule has 1 rings (SSSR count). The van der Waals surface area contributed by atoms with Gasteiger partial charge in [-0.25, -0.2) is 0 Å². The van der Waals surface area contributed by atoms with E-state index >= 15 is 0 Å². The lowest BCUT2D eigenvalue weighted by Crippen LogP contribution is -2.42. The molecule has 0 bridgehead atoms. The summed E-state index contributed by atoms with van der Waals surface area (Å²) in [4.78, 5) is 8.02. The number of hydrogen-bond acceptors (Lipinski definition) is 3. The molecule has 1 heterocycles. The van der Waals surface area contributed by atoms with Gasteiger partial charge in [-0.15, -0.1) is 35.3 Å². The summed E-state index contributed by atoms with van der Waals surface area (Å²) in [6.45, 7) is 7.34. The zero-order valence-corrected chi connectivity index (χ0v) is 16.7. The Bertz CT molecular complexity index is 381. The Hall–Kier alpha value is -0.340. The molecule has 2 N–H and O–H groups in total. The van der Waals surface area contributed by atoms with Crippen LogP contribution in [0.5, 0.6) is 0 Å². The largest absolute Gasteiger partial charge is 0.356 e. The van der Waals surface area contributed by atoms with Crippen LogP contribution in [-0.2, 0) is 6.42 Å². The van der Waals surface area contributed by atoms with Gasteiger partial charge in [0.2, 0.25) is 0 Å². The van der Waals surface area contributed by atoms with Crippen LogP contribution in [0.4, 0.5) is 0 Å². The Balaban J connectivity index is 0.00000400. The average molecular weight is 424 g/mol. The molecule has 0 radical (unpaired) electrons. The Kier molecular flexibility index (Phi) is 12.0. The van der Waals surface area contributed by atoms with Crippen molar-refractivity contribution in [1.82, 2.24) is 15.5 Å². The van der Waals surface area contributed by atoms with E-state index in [2.05, 4.69) is 58.9 Å². The molecule has 6 heteroatoms. The highest BCUT2D eigenvalue weighted by atomic mass is 127. The SMILES string of the molecule is CCC(C)N(C)CCNC(=NC)NCCc1cccs1.I. The average Bonchev–Trinajstić information content (AvgIpc) is 2.97. The molecule has 0 aliphatic heterocycles. The highest BCUT2D eigenvalue weighted by Gasteiger charge is 2.06. The summed E-state index contributed by atoms with van der Waals surface area (Å²) in [5.41, 5.74) is 0. The van der Waals surface area contributed by atoms with Crippen molar-refractivity contribution >= 4 is 41.3 Å². The lowest BCUT2D eigenvalue weighted by Gasteiger charge is -2.23. The molecule has 1 aromatic rings. The van der Waals surface area contributed by atoms with E-state index in [0.29, 0.717) is 6.04 Å². The number of guanidine groups is 1. The summed E-state index contributed by atoms with van der Waals surface area (Å²) in [6, 6.07) is 4.90. The van der Waals surface area contributed by atoms with E-state index in [0.717, 1.165) is 32.0 Å². The van der Waals surface area contributed by atoms with Gasteiger partial charge in [0.05, 0.1) is 0 Å². The van der Waals surface area contributed by atoms with Gasteiger partial charge in [-0.1, -0.05) is 13.0 Å². The number of nitrogens with one attached hydrogen (secondary N) is 2. The van der Waals surface area contributed by atoms with Gasteiger partial charge in [-0.05, 0) is 38.3 Å². The third-order valence-corrected chi connectivity index (χ3v) is 4.50. The van der Waals surface area contributed by atoms with E-state index in [1.54, 1.807) is 11.3 Å². The number of rotatable bonds is 8. The van der Waals surface area contributed by atoms with Crippen LogP contribution in [0.1, 0.15) is 25.1 Å². The minimum Gasteiger partial charge on any atom is -0.356 e. The summed E-state index contributed by atoms with van der Waals surface area (Å²) in [5, 5.41) is 8.83. The number of hydrogen-bond donors (Lipinski definition) is 2. The van der Waals surface area contributed by atoms with Gasteiger partial charge in [0.25, 0.3) is 0 Å². The van der Waals surface area contributed by atoms with Crippen molar-refractivity contribution in [3.05, 3.63) is 22.4 Å². The van der Waals surface area contributed by atoms with E-state index in [1.165, 1.54) is 11.3 Å². The predicted octanol–water partition coefficient (Wildman–Crippen LogP) is 2.80.